The summed E-state index contributed by atoms with van der Waals surface area (Å²) < 4.78 is 38.4. The fourth-order valence-corrected chi connectivity index (χ4v) is 6.27. The lowest BCUT2D eigenvalue weighted by atomic mass is 9.85. The standard InChI is InChI=1S/C25H28N4O4S2/c1-16(2)33-23-11-10-17(14-18(23)15-26)24-27-28-25(34-24)21-8-4-7-20-19(21)6-5-9-22(20)29-35(30,31)13-12-32-3/h4,7-8,10-11,14,16,22,29H,5-6,9,12-13H2,1-3H3/t22-/m1/s1. The highest BCUT2D eigenvalue weighted by Crippen LogP contribution is 2.39. The second-order valence-electron chi connectivity index (χ2n) is 8.65. The Morgan fingerprint density at radius 2 is 2.03 bits per heavy atom. The number of aromatic nitrogens is 2. The largest absolute Gasteiger partial charge is 0.490 e. The van der Waals surface area contributed by atoms with E-state index in [2.05, 4.69) is 21.0 Å². The van der Waals surface area contributed by atoms with Gasteiger partial charge in [-0.1, -0.05) is 29.5 Å². The monoisotopic (exact) mass is 512 g/mol. The molecule has 0 bridgehead atoms. The van der Waals surface area contributed by atoms with Crippen molar-refractivity contribution < 1.29 is 17.9 Å². The molecule has 1 N–H and O–H groups in total. The minimum absolute atomic E-state index is 0.0291. The minimum atomic E-state index is -3.45. The predicted molar refractivity (Wildman–Crippen MR) is 136 cm³/mol. The van der Waals surface area contributed by atoms with Crippen LogP contribution in [0.5, 0.6) is 5.75 Å². The fourth-order valence-electron chi connectivity index (χ4n) is 4.20. The highest BCUT2D eigenvalue weighted by Gasteiger charge is 2.27. The van der Waals surface area contributed by atoms with Crippen LogP contribution >= 0.6 is 11.3 Å². The molecule has 4 rings (SSSR count). The van der Waals surface area contributed by atoms with Crippen molar-refractivity contribution in [3.63, 3.8) is 0 Å². The fraction of sp³-hybridized carbons (Fsp3) is 0.400. The molecule has 1 heterocycles. The van der Waals surface area contributed by atoms with E-state index in [4.69, 9.17) is 9.47 Å². The molecule has 0 saturated heterocycles. The molecule has 0 unspecified atom stereocenters. The lowest BCUT2D eigenvalue weighted by molar-refractivity contribution is 0.216. The summed E-state index contributed by atoms with van der Waals surface area (Å²) in [5, 5.41) is 19.8. The van der Waals surface area contributed by atoms with Crippen molar-refractivity contribution in [2.45, 2.75) is 45.3 Å². The number of hydrogen-bond donors (Lipinski definition) is 1. The van der Waals surface area contributed by atoms with E-state index in [1.54, 1.807) is 12.1 Å². The van der Waals surface area contributed by atoms with Gasteiger partial charge in [0, 0.05) is 24.3 Å². The Balaban J connectivity index is 1.63. The van der Waals surface area contributed by atoms with E-state index < -0.39 is 10.0 Å². The molecule has 2 aromatic carbocycles. The summed E-state index contributed by atoms with van der Waals surface area (Å²) in [6.07, 6.45) is 2.43. The molecule has 0 radical (unpaired) electrons. The van der Waals surface area contributed by atoms with E-state index in [-0.39, 0.29) is 24.5 Å². The molecule has 3 aromatic rings. The van der Waals surface area contributed by atoms with Crippen LogP contribution in [0, 0.1) is 11.3 Å². The van der Waals surface area contributed by atoms with E-state index in [9.17, 15) is 13.7 Å². The first-order valence-corrected chi connectivity index (χ1v) is 13.9. The average Bonchev–Trinajstić information content (AvgIpc) is 3.32. The zero-order chi connectivity index (χ0) is 25.0. The van der Waals surface area contributed by atoms with Gasteiger partial charge in [-0.2, -0.15) is 5.26 Å². The summed E-state index contributed by atoms with van der Waals surface area (Å²) in [4.78, 5) is 0. The van der Waals surface area contributed by atoms with Crippen molar-refractivity contribution in [2.24, 2.45) is 0 Å². The molecule has 35 heavy (non-hydrogen) atoms. The van der Waals surface area contributed by atoms with E-state index in [1.165, 1.54) is 18.4 Å². The normalized spacial score (nSPS) is 15.6. The van der Waals surface area contributed by atoms with Crippen LogP contribution in [0.1, 0.15) is 49.4 Å². The van der Waals surface area contributed by atoms with Gasteiger partial charge in [-0.3, -0.25) is 0 Å². The smallest absolute Gasteiger partial charge is 0.214 e. The minimum Gasteiger partial charge on any atom is -0.490 e. The molecule has 184 valence electrons. The maximum absolute atomic E-state index is 12.5. The first kappa shape index (κ1) is 25.3. The second-order valence-corrected chi connectivity index (χ2v) is 11.5. The Hall–Kier alpha value is -2.84. The summed E-state index contributed by atoms with van der Waals surface area (Å²) in [6, 6.07) is 13.3. The number of fused-ring (bicyclic) bond motifs is 1. The highest BCUT2D eigenvalue weighted by atomic mass is 32.2. The van der Waals surface area contributed by atoms with Gasteiger partial charge in [0.05, 0.1) is 24.0 Å². The number of ether oxygens (including phenoxy) is 2. The quantitative estimate of drug-likeness (QED) is 0.450. The Bertz CT molecular complexity index is 1350. The maximum Gasteiger partial charge on any atom is 0.214 e. The van der Waals surface area contributed by atoms with Crippen molar-refractivity contribution >= 4 is 21.4 Å². The number of methoxy groups -OCH3 is 1. The Kier molecular flexibility index (Phi) is 7.82. The van der Waals surface area contributed by atoms with Crippen LogP contribution in [-0.2, 0) is 21.2 Å². The van der Waals surface area contributed by atoms with Crippen molar-refractivity contribution in [3.05, 3.63) is 53.1 Å². The zero-order valence-electron chi connectivity index (χ0n) is 19.9. The van der Waals surface area contributed by atoms with Crippen LogP contribution in [-0.4, -0.2) is 44.2 Å². The Morgan fingerprint density at radius 1 is 1.23 bits per heavy atom. The van der Waals surface area contributed by atoms with Gasteiger partial charge in [0.25, 0.3) is 0 Å². The van der Waals surface area contributed by atoms with Crippen molar-refractivity contribution in [3.8, 4) is 33.0 Å². The Morgan fingerprint density at radius 3 is 2.77 bits per heavy atom. The van der Waals surface area contributed by atoms with Crippen LogP contribution in [0.25, 0.3) is 21.1 Å². The molecule has 0 amide bonds. The lowest BCUT2D eigenvalue weighted by Crippen LogP contribution is -2.34. The van der Waals surface area contributed by atoms with Crippen LogP contribution in [0.15, 0.2) is 36.4 Å². The number of rotatable bonds is 9. The summed E-state index contributed by atoms with van der Waals surface area (Å²) >= 11 is 1.45. The summed E-state index contributed by atoms with van der Waals surface area (Å²) in [7, 11) is -1.96. The summed E-state index contributed by atoms with van der Waals surface area (Å²) in [5.74, 6) is 0.479. The second kappa shape index (κ2) is 10.8. The van der Waals surface area contributed by atoms with E-state index >= 15 is 0 Å². The van der Waals surface area contributed by atoms with Gasteiger partial charge in [-0.25, -0.2) is 13.1 Å². The van der Waals surface area contributed by atoms with Crippen LogP contribution in [0.2, 0.25) is 0 Å². The van der Waals surface area contributed by atoms with E-state index in [0.717, 1.165) is 46.5 Å². The van der Waals surface area contributed by atoms with Gasteiger partial charge in [-0.15, -0.1) is 10.2 Å². The van der Waals surface area contributed by atoms with Gasteiger partial charge in [0.1, 0.15) is 21.8 Å². The molecule has 0 fully saturated rings. The predicted octanol–water partition coefficient (Wildman–Crippen LogP) is 4.47. The molecule has 1 aliphatic carbocycles. The number of benzene rings is 2. The molecule has 0 aliphatic heterocycles. The first-order chi connectivity index (χ1) is 16.8. The lowest BCUT2D eigenvalue weighted by Gasteiger charge is -2.27. The van der Waals surface area contributed by atoms with Gasteiger partial charge in [0.2, 0.25) is 10.0 Å². The summed E-state index contributed by atoms with van der Waals surface area (Å²) in [5.41, 5.74) is 4.30. The average molecular weight is 513 g/mol. The molecule has 1 aromatic heterocycles. The topological polar surface area (TPSA) is 114 Å². The van der Waals surface area contributed by atoms with Gasteiger partial charge >= 0.3 is 0 Å². The van der Waals surface area contributed by atoms with Crippen molar-refractivity contribution in [1.29, 1.82) is 5.26 Å². The number of nitrogens with one attached hydrogen (secondary N) is 1. The zero-order valence-corrected chi connectivity index (χ0v) is 21.6. The molecule has 1 atom stereocenters. The molecule has 1 aliphatic rings. The van der Waals surface area contributed by atoms with E-state index in [0.29, 0.717) is 16.3 Å². The van der Waals surface area contributed by atoms with Gasteiger partial charge < -0.3 is 9.47 Å². The first-order valence-electron chi connectivity index (χ1n) is 11.5. The highest BCUT2D eigenvalue weighted by molar-refractivity contribution is 7.89. The number of hydrogen-bond acceptors (Lipinski definition) is 8. The summed E-state index contributed by atoms with van der Waals surface area (Å²) in [6.45, 7) is 3.99. The molecule has 0 saturated carbocycles. The van der Waals surface area contributed by atoms with Crippen LogP contribution in [0.4, 0.5) is 0 Å². The van der Waals surface area contributed by atoms with Gasteiger partial charge in [0.15, 0.2) is 0 Å². The molecule has 0 spiro atoms. The van der Waals surface area contributed by atoms with Crippen LogP contribution < -0.4 is 9.46 Å². The molecule has 10 heteroatoms. The van der Waals surface area contributed by atoms with Crippen LogP contribution in [0.3, 0.4) is 0 Å². The molecule has 8 nitrogen and oxygen atoms in total. The SMILES string of the molecule is COCCS(=O)(=O)N[C@@H]1CCCc2c(-c3nnc(-c4ccc(OC(C)C)c(C#N)c4)s3)cccc21. The van der Waals surface area contributed by atoms with Gasteiger partial charge in [-0.05, 0) is 62.4 Å². The Labute approximate surface area is 210 Å². The van der Waals surface area contributed by atoms with Crippen molar-refractivity contribution in [1.82, 2.24) is 14.9 Å². The maximum atomic E-state index is 12.5. The number of nitriles is 1. The molecular formula is C25H28N4O4S2. The van der Waals surface area contributed by atoms with Crippen molar-refractivity contribution in [2.75, 3.05) is 19.5 Å². The van der Waals surface area contributed by atoms with E-state index in [1.807, 2.05) is 38.1 Å². The third kappa shape index (κ3) is 5.87. The molecular weight excluding hydrogens is 484 g/mol. The third-order valence-electron chi connectivity index (χ3n) is 5.75. The number of sulfonamides is 1. The number of nitrogens with zero attached hydrogens (tertiary/aromatic N) is 3. The third-order valence-corrected chi connectivity index (χ3v) is 8.10.